The molecule has 3 heterocycles. The Labute approximate surface area is 165 Å². The average Bonchev–Trinajstić information content (AvgIpc) is 3.41. The highest BCUT2D eigenvalue weighted by molar-refractivity contribution is 7.89. The molecule has 0 unspecified atom stereocenters. The summed E-state index contributed by atoms with van der Waals surface area (Å²) in [4.78, 5) is 3.53. The van der Waals surface area contributed by atoms with Gasteiger partial charge in [-0.25, -0.2) is 8.42 Å². The lowest BCUT2D eigenvalue weighted by Gasteiger charge is -2.34. The zero-order valence-corrected chi connectivity index (χ0v) is 17.7. The van der Waals surface area contributed by atoms with Crippen molar-refractivity contribution in [3.8, 4) is 10.6 Å². The molecule has 148 valence electrons. The van der Waals surface area contributed by atoms with Gasteiger partial charge in [0, 0.05) is 19.3 Å². The summed E-state index contributed by atoms with van der Waals surface area (Å²) < 4.78 is 30.5. The fourth-order valence-electron chi connectivity index (χ4n) is 4.21. The van der Waals surface area contributed by atoms with E-state index in [2.05, 4.69) is 11.9 Å². The predicted octanol–water partition coefficient (Wildman–Crippen LogP) is 3.44. The van der Waals surface area contributed by atoms with Gasteiger partial charge in [0.2, 0.25) is 10.0 Å². The first-order chi connectivity index (χ1) is 13.0. The minimum atomic E-state index is -3.58. The first kappa shape index (κ1) is 19.1. The Kier molecular flexibility index (Phi) is 5.42. The van der Waals surface area contributed by atoms with Gasteiger partial charge in [-0.05, 0) is 57.3 Å². The van der Waals surface area contributed by atoms with E-state index in [0.29, 0.717) is 16.6 Å². The molecule has 1 saturated heterocycles. The van der Waals surface area contributed by atoms with E-state index in [1.807, 2.05) is 22.2 Å². The highest BCUT2D eigenvalue weighted by atomic mass is 32.2. The minimum Gasteiger partial charge on any atom is -0.306 e. The van der Waals surface area contributed by atoms with E-state index in [0.717, 1.165) is 43.6 Å². The van der Waals surface area contributed by atoms with Crippen molar-refractivity contribution in [1.29, 1.82) is 0 Å². The number of piperidine rings is 1. The Morgan fingerprint density at radius 2 is 1.89 bits per heavy atom. The normalized spacial score (nSPS) is 20.7. The number of likely N-dealkylation sites (tertiary alicyclic amines) is 1. The Hall–Kier alpha value is -1.22. The van der Waals surface area contributed by atoms with E-state index in [-0.39, 0.29) is 6.04 Å². The number of thiophene rings is 1. The molecule has 8 heteroatoms. The lowest BCUT2D eigenvalue weighted by atomic mass is 10.1. The first-order valence-corrected chi connectivity index (χ1v) is 12.1. The SMILES string of the molecule is CN1CCC(N(C)S(=O)(=O)c2cn(C3CCCC3)nc2-c2cccs2)CC1. The molecule has 0 spiro atoms. The van der Waals surface area contributed by atoms with Crippen LogP contribution in [0.2, 0.25) is 0 Å². The van der Waals surface area contributed by atoms with Crippen LogP contribution < -0.4 is 0 Å². The van der Waals surface area contributed by atoms with Crippen LogP contribution in [0, 0.1) is 0 Å². The van der Waals surface area contributed by atoms with Crippen LogP contribution in [-0.2, 0) is 10.0 Å². The molecular formula is C19H28N4O2S2. The van der Waals surface area contributed by atoms with E-state index in [9.17, 15) is 8.42 Å². The van der Waals surface area contributed by atoms with Crippen LogP contribution in [0.3, 0.4) is 0 Å². The lowest BCUT2D eigenvalue weighted by molar-refractivity contribution is 0.197. The van der Waals surface area contributed by atoms with Crippen LogP contribution in [0.4, 0.5) is 0 Å². The van der Waals surface area contributed by atoms with Crippen LogP contribution >= 0.6 is 11.3 Å². The summed E-state index contributed by atoms with van der Waals surface area (Å²) in [6.45, 7) is 1.87. The second kappa shape index (κ2) is 7.66. The van der Waals surface area contributed by atoms with E-state index < -0.39 is 10.0 Å². The zero-order valence-electron chi connectivity index (χ0n) is 16.0. The topological polar surface area (TPSA) is 58.4 Å². The molecule has 27 heavy (non-hydrogen) atoms. The van der Waals surface area contributed by atoms with Crippen LogP contribution in [0.15, 0.2) is 28.6 Å². The van der Waals surface area contributed by atoms with Crippen molar-refractivity contribution in [2.75, 3.05) is 27.2 Å². The van der Waals surface area contributed by atoms with Gasteiger partial charge in [-0.15, -0.1) is 11.3 Å². The molecule has 4 rings (SSSR count). The maximum atomic E-state index is 13.5. The summed E-state index contributed by atoms with van der Waals surface area (Å²) in [5.41, 5.74) is 0.608. The van der Waals surface area contributed by atoms with E-state index in [4.69, 9.17) is 5.10 Å². The van der Waals surface area contributed by atoms with Gasteiger partial charge >= 0.3 is 0 Å². The maximum absolute atomic E-state index is 13.5. The summed E-state index contributed by atoms with van der Waals surface area (Å²) in [5, 5.41) is 6.73. The van der Waals surface area contributed by atoms with Crippen LogP contribution in [0.1, 0.15) is 44.6 Å². The van der Waals surface area contributed by atoms with Gasteiger partial charge in [0.1, 0.15) is 10.6 Å². The van der Waals surface area contributed by atoms with Crippen molar-refractivity contribution >= 4 is 21.4 Å². The van der Waals surface area contributed by atoms with Crippen molar-refractivity contribution in [3.05, 3.63) is 23.7 Å². The molecular weight excluding hydrogens is 380 g/mol. The molecule has 0 radical (unpaired) electrons. The smallest absolute Gasteiger partial charge is 0.246 e. The standard InChI is InChI=1S/C19H28N4O2S2/c1-21-11-9-15(10-12-21)22(2)27(24,25)18-14-23(16-6-3-4-7-16)20-19(18)17-8-5-13-26-17/h5,8,13-16H,3-4,6-7,9-12H2,1-2H3. The van der Waals surface area contributed by atoms with Crippen LogP contribution in [-0.4, -0.2) is 60.6 Å². The van der Waals surface area contributed by atoms with Crippen molar-refractivity contribution in [3.63, 3.8) is 0 Å². The molecule has 0 N–H and O–H groups in total. The third-order valence-corrected chi connectivity index (χ3v) is 8.80. The zero-order chi connectivity index (χ0) is 19.0. The van der Waals surface area contributed by atoms with Crippen LogP contribution in [0.5, 0.6) is 0 Å². The molecule has 2 fully saturated rings. The molecule has 1 aliphatic heterocycles. The molecule has 2 aliphatic rings. The highest BCUT2D eigenvalue weighted by Crippen LogP contribution is 2.36. The minimum absolute atomic E-state index is 0.0530. The van der Waals surface area contributed by atoms with Gasteiger partial charge < -0.3 is 4.90 Å². The van der Waals surface area contributed by atoms with Crippen molar-refractivity contribution in [1.82, 2.24) is 19.0 Å². The number of nitrogens with zero attached hydrogens (tertiary/aromatic N) is 4. The molecule has 1 saturated carbocycles. The summed E-state index contributed by atoms with van der Waals surface area (Å²) in [6, 6.07) is 4.28. The molecule has 0 atom stereocenters. The molecule has 0 aromatic carbocycles. The Bertz CT molecular complexity index is 862. The summed E-state index contributed by atoms with van der Waals surface area (Å²) >= 11 is 1.54. The fourth-order valence-corrected chi connectivity index (χ4v) is 6.55. The average molecular weight is 409 g/mol. The Balaban J connectivity index is 1.70. The summed E-state index contributed by atoms with van der Waals surface area (Å²) in [6.07, 6.45) is 8.07. The quantitative estimate of drug-likeness (QED) is 0.760. The molecule has 6 nitrogen and oxygen atoms in total. The monoisotopic (exact) mass is 408 g/mol. The van der Waals surface area contributed by atoms with Gasteiger partial charge in [-0.2, -0.15) is 9.40 Å². The highest BCUT2D eigenvalue weighted by Gasteiger charge is 2.34. The third-order valence-electron chi connectivity index (χ3n) is 6.01. The number of aromatic nitrogens is 2. The molecule has 0 bridgehead atoms. The van der Waals surface area contributed by atoms with Crippen LogP contribution in [0.25, 0.3) is 10.6 Å². The molecule has 2 aromatic heterocycles. The largest absolute Gasteiger partial charge is 0.306 e. The van der Waals surface area contributed by atoms with Crippen molar-refractivity contribution in [2.24, 2.45) is 0 Å². The maximum Gasteiger partial charge on any atom is 0.246 e. The Morgan fingerprint density at radius 1 is 1.19 bits per heavy atom. The Morgan fingerprint density at radius 3 is 2.52 bits per heavy atom. The van der Waals surface area contributed by atoms with Gasteiger partial charge in [-0.3, -0.25) is 4.68 Å². The fraction of sp³-hybridized carbons (Fsp3) is 0.632. The van der Waals surface area contributed by atoms with Crippen molar-refractivity contribution < 1.29 is 8.42 Å². The summed E-state index contributed by atoms with van der Waals surface area (Å²) in [5.74, 6) is 0. The molecule has 2 aromatic rings. The van der Waals surface area contributed by atoms with E-state index in [1.165, 1.54) is 12.8 Å². The van der Waals surface area contributed by atoms with Crippen molar-refractivity contribution in [2.45, 2.75) is 55.5 Å². The van der Waals surface area contributed by atoms with E-state index in [1.54, 1.807) is 28.9 Å². The van der Waals surface area contributed by atoms with Gasteiger partial charge in [0.25, 0.3) is 0 Å². The molecule has 0 amide bonds. The van der Waals surface area contributed by atoms with Gasteiger partial charge in [-0.1, -0.05) is 18.9 Å². The number of hydrogen-bond acceptors (Lipinski definition) is 5. The lowest BCUT2D eigenvalue weighted by Crippen LogP contribution is -2.44. The van der Waals surface area contributed by atoms with E-state index >= 15 is 0 Å². The second-order valence-corrected chi connectivity index (χ2v) is 10.7. The molecule has 1 aliphatic carbocycles. The number of hydrogen-bond donors (Lipinski definition) is 0. The second-order valence-electron chi connectivity index (χ2n) is 7.79. The van der Waals surface area contributed by atoms with Gasteiger partial charge in [0.15, 0.2) is 0 Å². The first-order valence-electron chi connectivity index (χ1n) is 9.76. The number of rotatable bonds is 5. The number of sulfonamides is 1. The van der Waals surface area contributed by atoms with Gasteiger partial charge in [0.05, 0.1) is 10.9 Å². The third kappa shape index (κ3) is 3.72. The summed E-state index contributed by atoms with van der Waals surface area (Å²) in [7, 11) is 0.238. The predicted molar refractivity (Wildman–Crippen MR) is 109 cm³/mol.